The zero-order valence-electron chi connectivity index (χ0n) is 8.03. The van der Waals surface area contributed by atoms with Crippen molar-refractivity contribution in [3.8, 4) is 10.4 Å². The Kier molecular flexibility index (Phi) is 2.61. The van der Waals surface area contributed by atoms with E-state index >= 15 is 0 Å². The second-order valence-electron chi connectivity index (χ2n) is 3.20. The first-order chi connectivity index (χ1) is 6.81. The van der Waals surface area contributed by atoms with Gasteiger partial charge in [-0.05, 0) is 12.5 Å². The highest BCUT2D eigenvalue weighted by molar-refractivity contribution is 7.13. The van der Waals surface area contributed by atoms with E-state index in [1.807, 2.05) is 5.51 Å². The maximum Gasteiger partial charge on any atom is 0.0802 e. The third kappa shape index (κ3) is 1.69. The van der Waals surface area contributed by atoms with Crippen molar-refractivity contribution in [2.75, 3.05) is 0 Å². The highest BCUT2D eigenvalue weighted by atomic mass is 32.1. The highest BCUT2D eigenvalue weighted by Gasteiger charge is 2.06. The first kappa shape index (κ1) is 9.37. The molecule has 0 bridgehead atoms. The van der Waals surface area contributed by atoms with Gasteiger partial charge in [-0.1, -0.05) is 29.8 Å². The molecule has 2 N–H and O–H groups in total. The lowest BCUT2D eigenvalue weighted by Crippen LogP contribution is -1.97. The summed E-state index contributed by atoms with van der Waals surface area (Å²) >= 11 is 1.64. The van der Waals surface area contributed by atoms with Gasteiger partial charge in [0.1, 0.15) is 0 Å². The molecule has 0 spiro atoms. The fourth-order valence-electron chi connectivity index (χ4n) is 1.44. The van der Waals surface area contributed by atoms with Gasteiger partial charge in [0.25, 0.3) is 0 Å². The number of nitrogens with zero attached hydrogens (tertiary/aromatic N) is 1. The third-order valence-corrected chi connectivity index (χ3v) is 3.03. The largest absolute Gasteiger partial charge is 0.325 e. The van der Waals surface area contributed by atoms with Crippen LogP contribution in [-0.2, 0) is 6.54 Å². The maximum absolute atomic E-state index is 5.61. The van der Waals surface area contributed by atoms with Crippen molar-refractivity contribution in [3.63, 3.8) is 0 Å². The Morgan fingerprint density at radius 2 is 2.29 bits per heavy atom. The molecular weight excluding hydrogens is 192 g/mol. The Morgan fingerprint density at radius 1 is 1.43 bits per heavy atom. The van der Waals surface area contributed by atoms with E-state index in [1.54, 1.807) is 11.3 Å². The summed E-state index contributed by atoms with van der Waals surface area (Å²) in [5, 5.41) is 0. The minimum atomic E-state index is 0.507. The number of hydrogen-bond donors (Lipinski definition) is 1. The number of benzene rings is 1. The Bertz CT molecular complexity index is 434. The first-order valence-electron chi connectivity index (χ1n) is 4.50. The second kappa shape index (κ2) is 3.90. The molecule has 0 aliphatic rings. The van der Waals surface area contributed by atoms with Gasteiger partial charge in [0, 0.05) is 6.54 Å². The summed E-state index contributed by atoms with van der Waals surface area (Å²) in [6.07, 6.45) is 0. The molecule has 0 fully saturated rings. The van der Waals surface area contributed by atoms with E-state index in [9.17, 15) is 0 Å². The Morgan fingerprint density at radius 3 is 3.00 bits per heavy atom. The molecule has 0 saturated heterocycles. The minimum absolute atomic E-state index is 0.507. The normalized spacial score (nSPS) is 10.4. The van der Waals surface area contributed by atoms with Crippen molar-refractivity contribution in [2.45, 2.75) is 13.5 Å². The lowest BCUT2D eigenvalue weighted by Gasteiger charge is -2.01. The summed E-state index contributed by atoms with van der Waals surface area (Å²) in [6, 6.07) is 8.41. The summed E-state index contributed by atoms with van der Waals surface area (Å²) < 4.78 is 0. The number of aryl methyl sites for hydroxylation is 1. The fraction of sp³-hybridized carbons (Fsp3) is 0.182. The molecule has 2 aromatic rings. The molecule has 0 amide bonds. The number of rotatable bonds is 2. The molecule has 0 aliphatic carbocycles. The SMILES string of the molecule is Cc1cccc(-c2scnc2CN)c1. The van der Waals surface area contributed by atoms with Crippen LogP contribution < -0.4 is 5.73 Å². The zero-order valence-corrected chi connectivity index (χ0v) is 8.84. The van der Waals surface area contributed by atoms with Crippen LogP contribution in [0.15, 0.2) is 29.8 Å². The number of aromatic nitrogens is 1. The van der Waals surface area contributed by atoms with Gasteiger partial charge in [-0.15, -0.1) is 11.3 Å². The van der Waals surface area contributed by atoms with Crippen LogP contribution in [0.3, 0.4) is 0 Å². The van der Waals surface area contributed by atoms with Crippen molar-refractivity contribution < 1.29 is 0 Å². The van der Waals surface area contributed by atoms with E-state index in [1.165, 1.54) is 16.0 Å². The average molecular weight is 204 g/mol. The van der Waals surface area contributed by atoms with Crippen LogP contribution in [0.25, 0.3) is 10.4 Å². The highest BCUT2D eigenvalue weighted by Crippen LogP contribution is 2.27. The molecule has 1 aromatic heterocycles. The molecule has 1 aromatic carbocycles. The van der Waals surface area contributed by atoms with Crippen LogP contribution in [0.4, 0.5) is 0 Å². The molecule has 0 saturated carbocycles. The summed E-state index contributed by atoms with van der Waals surface area (Å²) in [4.78, 5) is 5.43. The summed E-state index contributed by atoms with van der Waals surface area (Å²) in [5.74, 6) is 0. The Balaban J connectivity index is 2.49. The van der Waals surface area contributed by atoms with E-state index in [2.05, 4.69) is 36.2 Å². The van der Waals surface area contributed by atoms with Crippen LogP contribution in [0.2, 0.25) is 0 Å². The zero-order chi connectivity index (χ0) is 9.97. The maximum atomic E-state index is 5.61. The van der Waals surface area contributed by atoms with E-state index in [0.717, 1.165) is 5.69 Å². The summed E-state index contributed by atoms with van der Waals surface area (Å²) in [5.41, 5.74) is 10.9. The van der Waals surface area contributed by atoms with Crippen molar-refractivity contribution >= 4 is 11.3 Å². The monoisotopic (exact) mass is 204 g/mol. The van der Waals surface area contributed by atoms with Gasteiger partial charge in [0.15, 0.2) is 0 Å². The van der Waals surface area contributed by atoms with E-state index in [4.69, 9.17) is 5.73 Å². The topological polar surface area (TPSA) is 38.9 Å². The molecule has 0 unspecified atom stereocenters. The van der Waals surface area contributed by atoms with Crippen LogP contribution in [0.5, 0.6) is 0 Å². The van der Waals surface area contributed by atoms with E-state index in [0.29, 0.717) is 6.54 Å². The van der Waals surface area contributed by atoms with Gasteiger partial charge >= 0.3 is 0 Å². The fourth-order valence-corrected chi connectivity index (χ4v) is 2.26. The summed E-state index contributed by atoms with van der Waals surface area (Å²) in [7, 11) is 0. The minimum Gasteiger partial charge on any atom is -0.325 e. The molecule has 0 atom stereocenters. The second-order valence-corrected chi connectivity index (χ2v) is 4.06. The lowest BCUT2D eigenvalue weighted by molar-refractivity contribution is 1.01. The molecule has 72 valence electrons. The van der Waals surface area contributed by atoms with Crippen LogP contribution in [0, 0.1) is 6.92 Å². The van der Waals surface area contributed by atoms with Gasteiger partial charge in [-0.3, -0.25) is 0 Å². The predicted molar refractivity (Wildman–Crippen MR) is 60.2 cm³/mol. The molecule has 0 radical (unpaired) electrons. The standard InChI is InChI=1S/C11H12N2S/c1-8-3-2-4-9(5-8)11-10(6-12)13-7-14-11/h2-5,7H,6,12H2,1H3. The van der Waals surface area contributed by atoms with Crippen molar-refractivity contribution in [2.24, 2.45) is 5.73 Å². The van der Waals surface area contributed by atoms with Crippen LogP contribution >= 0.6 is 11.3 Å². The molecule has 3 heteroatoms. The molecule has 1 heterocycles. The third-order valence-electron chi connectivity index (χ3n) is 2.11. The van der Waals surface area contributed by atoms with Gasteiger partial charge in [-0.2, -0.15) is 0 Å². The number of hydrogen-bond acceptors (Lipinski definition) is 3. The lowest BCUT2D eigenvalue weighted by atomic mass is 10.1. The van der Waals surface area contributed by atoms with Gasteiger partial charge < -0.3 is 5.73 Å². The van der Waals surface area contributed by atoms with E-state index < -0.39 is 0 Å². The van der Waals surface area contributed by atoms with E-state index in [-0.39, 0.29) is 0 Å². The summed E-state index contributed by atoms with van der Waals surface area (Å²) in [6.45, 7) is 2.60. The van der Waals surface area contributed by atoms with Crippen LogP contribution in [0.1, 0.15) is 11.3 Å². The Labute approximate surface area is 87.4 Å². The van der Waals surface area contributed by atoms with Crippen molar-refractivity contribution in [3.05, 3.63) is 41.0 Å². The number of thiazole rings is 1. The molecule has 14 heavy (non-hydrogen) atoms. The predicted octanol–water partition coefficient (Wildman–Crippen LogP) is 2.58. The van der Waals surface area contributed by atoms with Crippen molar-refractivity contribution in [1.29, 1.82) is 0 Å². The van der Waals surface area contributed by atoms with Crippen molar-refractivity contribution in [1.82, 2.24) is 4.98 Å². The molecule has 2 rings (SSSR count). The van der Waals surface area contributed by atoms with Crippen LogP contribution in [-0.4, -0.2) is 4.98 Å². The quantitative estimate of drug-likeness (QED) is 0.816. The first-order valence-corrected chi connectivity index (χ1v) is 5.38. The molecule has 2 nitrogen and oxygen atoms in total. The smallest absolute Gasteiger partial charge is 0.0802 e. The van der Waals surface area contributed by atoms with Gasteiger partial charge in [0.05, 0.1) is 16.1 Å². The molecule has 0 aliphatic heterocycles. The van der Waals surface area contributed by atoms with Gasteiger partial charge in [0.2, 0.25) is 0 Å². The number of nitrogens with two attached hydrogens (primary N) is 1. The molecular formula is C11H12N2S. The Hall–Kier alpha value is -1.19. The van der Waals surface area contributed by atoms with Gasteiger partial charge in [-0.25, -0.2) is 4.98 Å². The average Bonchev–Trinajstić information content (AvgIpc) is 2.65.